The molecule has 106 valence electrons. The molecule has 3 rings (SSSR count). The van der Waals surface area contributed by atoms with Crippen molar-refractivity contribution >= 4 is 10.8 Å². The summed E-state index contributed by atoms with van der Waals surface area (Å²) < 4.78 is 0. The molecule has 0 aliphatic heterocycles. The van der Waals surface area contributed by atoms with Crippen molar-refractivity contribution in [3.63, 3.8) is 0 Å². The predicted octanol–water partition coefficient (Wildman–Crippen LogP) is 3.49. The molecule has 0 spiro atoms. The Hall–Kier alpha value is -1.38. The topological polar surface area (TPSA) is 29.3 Å². The molecule has 2 N–H and O–H groups in total. The molecule has 1 saturated carbocycles. The van der Waals surface area contributed by atoms with Gasteiger partial charge in [-0.05, 0) is 62.8 Å². The molecule has 0 bridgehead atoms. The van der Waals surface area contributed by atoms with E-state index in [1.165, 1.54) is 34.7 Å². The molecule has 1 aliphatic rings. The first-order chi connectivity index (χ1) is 9.55. The van der Waals surface area contributed by atoms with Crippen LogP contribution in [0.2, 0.25) is 0 Å². The van der Waals surface area contributed by atoms with E-state index in [1.54, 1.807) is 0 Å². The molecule has 0 heterocycles. The van der Waals surface area contributed by atoms with Crippen molar-refractivity contribution in [2.75, 3.05) is 20.6 Å². The predicted molar refractivity (Wildman–Crippen MR) is 85.8 cm³/mol. The summed E-state index contributed by atoms with van der Waals surface area (Å²) in [6.07, 6.45) is 2.50. The first kappa shape index (κ1) is 13.6. The Morgan fingerprint density at radius 2 is 1.75 bits per heavy atom. The van der Waals surface area contributed by atoms with Crippen LogP contribution < -0.4 is 5.73 Å². The van der Waals surface area contributed by atoms with Crippen LogP contribution in [0.15, 0.2) is 36.4 Å². The van der Waals surface area contributed by atoms with Crippen LogP contribution in [-0.2, 0) is 0 Å². The van der Waals surface area contributed by atoms with Gasteiger partial charge in [-0.3, -0.25) is 0 Å². The average Bonchev–Trinajstić information content (AvgIpc) is 3.19. The van der Waals surface area contributed by atoms with E-state index in [0.717, 1.165) is 6.54 Å². The Bertz CT molecular complexity index is 626. The Morgan fingerprint density at radius 1 is 1.10 bits per heavy atom. The van der Waals surface area contributed by atoms with E-state index in [0.29, 0.717) is 11.5 Å². The molecule has 2 aromatic rings. The van der Waals surface area contributed by atoms with Gasteiger partial charge in [-0.25, -0.2) is 0 Å². The van der Waals surface area contributed by atoms with Gasteiger partial charge >= 0.3 is 0 Å². The van der Waals surface area contributed by atoms with E-state index in [4.69, 9.17) is 5.73 Å². The van der Waals surface area contributed by atoms with Crippen LogP contribution in [0.3, 0.4) is 0 Å². The minimum absolute atomic E-state index is 0.294. The normalized spacial score (nSPS) is 18.4. The van der Waals surface area contributed by atoms with Crippen molar-refractivity contribution in [2.45, 2.75) is 25.8 Å². The summed E-state index contributed by atoms with van der Waals surface area (Å²) >= 11 is 0. The average molecular weight is 268 g/mol. The Morgan fingerprint density at radius 3 is 2.35 bits per heavy atom. The van der Waals surface area contributed by atoms with Crippen molar-refractivity contribution in [1.29, 1.82) is 0 Å². The molecule has 0 amide bonds. The molecule has 0 aromatic heterocycles. The standard InChI is InChI=1S/C18H24N2/c1-13-4-5-15-11-16(7-6-14(15)10-13)17(20(2)3)18(12-19)8-9-18/h4-7,10-11,17H,8-9,12,19H2,1-3H3. The Labute approximate surface area is 121 Å². The number of rotatable bonds is 4. The first-order valence-electron chi connectivity index (χ1n) is 7.42. The summed E-state index contributed by atoms with van der Waals surface area (Å²) in [5.74, 6) is 0. The lowest BCUT2D eigenvalue weighted by Crippen LogP contribution is -2.33. The van der Waals surface area contributed by atoms with E-state index in [2.05, 4.69) is 62.3 Å². The highest BCUT2D eigenvalue weighted by Crippen LogP contribution is 2.56. The van der Waals surface area contributed by atoms with Crippen molar-refractivity contribution in [2.24, 2.45) is 11.1 Å². The highest BCUT2D eigenvalue weighted by Gasteiger charge is 2.49. The summed E-state index contributed by atoms with van der Waals surface area (Å²) in [6.45, 7) is 2.92. The van der Waals surface area contributed by atoms with Crippen LogP contribution >= 0.6 is 0 Å². The largest absolute Gasteiger partial charge is 0.330 e. The van der Waals surface area contributed by atoms with Gasteiger partial charge in [-0.1, -0.05) is 35.9 Å². The fraction of sp³-hybridized carbons (Fsp3) is 0.444. The molecule has 2 nitrogen and oxygen atoms in total. The van der Waals surface area contributed by atoms with Crippen LogP contribution in [-0.4, -0.2) is 25.5 Å². The maximum atomic E-state index is 6.05. The van der Waals surface area contributed by atoms with Gasteiger partial charge in [-0.2, -0.15) is 0 Å². The van der Waals surface area contributed by atoms with Gasteiger partial charge in [0.05, 0.1) is 0 Å². The zero-order valence-corrected chi connectivity index (χ0v) is 12.7. The van der Waals surface area contributed by atoms with Crippen LogP contribution in [0.5, 0.6) is 0 Å². The smallest absolute Gasteiger partial charge is 0.0410 e. The maximum Gasteiger partial charge on any atom is 0.0410 e. The van der Waals surface area contributed by atoms with Gasteiger partial charge in [0.2, 0.25) is 0 Å². The van der Waals surface area contributed by atoms with Crippen molar-refractivity contribution in [3.8, 4) is 0 Å². The lowest BCUT2D eigenvalue weighted by atomic mass is 9.88. The van der Waals surface area contributed by atoms with Crippen LogP contribution in [0, 0.1) is 12.3 Å². The Balaban J connectivity index is 2.05. The molecule has 1 atom stereocenters. The molecule has 0 radical (unpaired) electrons. The highest BCUT2D eigenvalue weighted by molar-refractivity contribution is 5.84. The first-order valence-corrected chi connectivity index (χ1v) is 7.42. The minimum Gasteiger partial charge on any atom is -0.330 e. The third-order valence-electron chi connectivity index (χ3n) is 4.73. The van der Waals surface area contributed by atoms with E-state index in [1.807, 2.05) is 0 Å². The lowest BCUT2D eigenvalue weighted by molar-refractivity contribution is 0.198. The van der Waals surface area contributed by atoms with Gasteiger partial charge in [-0.15, -0.1) is 0 Å². The monoisotopic (exact) mass is 268 g/mol. The van der Waals surface area contributed by atoms with Crippen LogP contribution in [0.25, 0.3) is 10.8 Å². The fourth-order valence-electron chi connectivity index (χ4n) is 3.50. The maximum absolute atomic E-state index is 6.05. The third kappa shape index (κ3) is 2.23. The molecule has 0 saturated heterocycles. The summed E-state index contributed by atoms with van der Waals surface area (Å²) in [7, 11) is 4.33. The van der Waals surface area contributed by atoms with Crippen molar-refractivity contribution in [1.82, 2.24) is 4.90 Å². The number of nitrogens with two attached hydrogens (primary N) is 1. The number of nitrogens with zero attached hydrogens (tertiary/aromatic N) is 1. The second-order valence-corrected chi connectivity index (χ2v) is 6.54. The second-order valence-electron chi connectivity index (χ2n) is 6.54. The van der Waals surface area contributed by atoms with E-state index >= 15 is 0 Å². The quantitative estimate of drug-likeness (QED) is 0.919. The fourth-order valence-corrected chi connectivity index (χ4v) is 3.50. The molecule has 1 unspecified atom stereocenters. The summed E-state index contributed by atoms with van der Waals surface area (Å²) in [4.78, 5) is 2.33. The summed E-state index contributed by atoms with van der Waals surface area (Å²) in [5, 5.41) is 2.65. The third-order valence-corrected chi connectivity index (χ3v) is 4.73. The summed E-state index contributed by atoms with van der Waals surface area (Å²) in [5.41, 5.74) is 9.06. The summed E-state index contributed by atoms with van der Waals surface area (Å²) in [6, 6.07) is 14.0. The number of aryl methyl sites for hydroxylation is 1. The minimum atomic E-state index is 0.294. The van der Waals surface area contributed by atoms with Gasteiger partial charge in [0.15, 0.2) is 0 Å². The molecule has 2 heteroatoms. The number of fused-ring (bicyclic) bond motifs is 1. The Kier molecular flexibility index (Phi) is 3.31. The van der Waals surface area contributed by atoms with Crippen LogP contribution in [0.1, 0.15) is 30.0 Å². The number of hydrogen-bond acceptors (Lipinski definition) is 2. The zero-order chi connectivity index (χ0) is 14.3. The SMILES string of the molecule is Cc1ccc2cc(C(N(C)C)C3(CN)CC3)ccc2c1. The van der Waals surface area contributed by atoms with E-state index in [9.17, 15) is 0 Å². The molecular formula is C18H24N2. The van der Waals surface area contributed by atoms with Crippen molar-refractivity contribution < 1.29 is 0 Å². The number of benzene rings is 2. The molecule has 1 aliphatic carbocycles. The van der Waals surface area contributed by atoms with Crippen molar-refractivity contribution in [3.05, 3.63) is 47.5 Å². The van der Waals surface area contributed by atoms with Gasteiger partial charge in [0.1, 0.15) is 0 Å². The lowest BCUT2D eigenvalue weighted by Gasteiger charge is -2.32. The molecule has 20 heavy (non-hydrogen) atoms. The van der Waals surface area contributed by atoms with Gasteiger partial charge in [0, 0.05) is 11.5 Å². The van der Waals surface area contributed by atoms with Gasteiger partial charge < -0.3 is 10.6 Å². The van der Waals surface area contributed by atoms with E-state index < -0.39 is 0 Å². The highest BCUT2D eigenvalue weighted by atomic mass is 15.1. The van der Waals surface area contributed by atoms with E-state index in [-0.39, 0.29) is 0 Å². The zero-order valence-electron chi connectivity index (χ0n) is 12.7. The molecule has 2 aromatic carbocycles. The molecule has 1 fully saturated rings. The molecular weight excluding hydrogens is 244 g/mol. The second kappa shape index (κ2) is 4.87. The van der Waals surface area contributed by atoms with Gasteiger partial charge in [0.25, 0.3) is 0 Å². The number of hydrogen-bond donors (Lipinski definition) is 1. The van der Waals surface area contributed by atoms with Crippen LogP contribution in [0.4, 0.5) is 0 Å².